The molecule has 1 heterocycles. The van der Waals surface area contributed by atoms with Gasteiger partial charge in [-0.3, -0.25) is 4.79 Å². The third kappa shape index (κ3) is 5.46. The molecule has 0 bridgehead atoms. The molecule has 5 heteroatoms. The van der Waals surface area contributed by atoms with Crippen LogP contribution in [0.15, 0.2) is 52.5 Å². The number of aryl methyl sites for hydroxylation is 1. The van der Waals surface area contributed by atoms with E-state index in [4.69, 9.17) is 11.6 Å². The van der Waals surface area contributed by atoms with Crippen LogP contribution >= 0.6 is 11.6 Å². The van der Waals surface area contributed by atoms with Gasteiger partial charge in [0.2, 0.25) is 5.56 Å². The summed E-state index contributed by atoms with van der Waals surface area (Å²) in [6.07, 6.45) is 6.67. The molecule has 0 aliphatic carbocycles. The molecule has 2 aromatic rings. The molecule has 0 saturated carbocycles. The van der Waals surface area contributed by atoms with Crippen molar-refractivity contribution in [3.8, 4) is 0 Å². The minimum atomic E-state index is -0.0893. The van der Waals surface area contributed by atoms with Gasteiger partial charge >= 0.3 is 0 Å². The number of benzene rings is 1. The Morgan fingerprint density at radius 1 is 1.15 bits per heavy atom. The summed E-state index contributed by atoms with van der Waals surface area (Å²) in [6, 6.07) is 11.1. The topological polar surface area (TPSA) is 54.6 Å². The smallest absolute Gasteiger partial charge is 0.250 e. The Kier molecular flexibility index (Phi) is 8.11. The highest BCUT2D eigenvalue weighted by Crippen LogP contribution is 2.38. The Labute approximate surface area is 166 Å². The van der Waals surface area contributed by atoms with Crippen LogP contribution in [0, 0.1) is 5.92 Å². The van der Waals surface area contributed by atoms with Gasteiger partial charge in [-0.15, -0.1) is 0 Å². The highest BCUT2D eigenvalue weighted by atomic mass is 35.5. The van der Waals surface area contributed by atoms with Crippen LogP contribution in [0.4, 0.5) is 0 Å². The quantitative estimate of drug-likeness (QED) is 0.345. The molecular formula is C22H29ClN2O2. The van der Waals surface area contributed by atoms with E-state index in [-0.39, 0.29) is 11.5 Å². The third-order valence-corrected chi connectivity index (χ3v) is 5.49. The molecule has 1 aromatic carbocycles. The molecule has 0 fully saturated rings. The summed E-state index contributed by atoms with van der Waals surface area (Å²) in [5.41, 5.74) is 2.33. The van der Waals surface area contributed by atoms with E-state index >= 15 is 0 Å². The molecule has 0 aliphatic rings. The van der Waals surface area contributed by atoms with Crippen molar-refractivity contribution in [3.05, 3.63) is 69.1 Å². The van der Waals surface area contributed by atoms with Gasteiger partial charge in [0.1, 0.15) is 0 Å². The van der Waals surface area contributed by atoms with E-state index in [0.717, 1.165) is 41.8 Å². The van der Waals surface area contributed by atoms with Crippen molar-refractivity contribution in [3.63, 3.8) is 0 Å². The first-order valence-electron chi connectivity index (χ1n) is 9.64. The van der Waals surface area contributed by atoms with Crippen LogP contribution in [0.1, 0.15) is 63.0 Å². The maximum Gasteiger partial charge on any atom is 0.250 e. The molecule has 0 spiro atoms. The zero-order chi connectivity index (χ0) is 19.8. The second-order valence-electron chi connectivity index (χ2n) is 7.08. The molecule has 0 aliphatic heterocycles. The SMILES string of the molecule is CCCC(CCC)C(C/C(=N\O)c1ccc(=O)n(C)c1)c1ccccc1Cl. The van der Waals surface area contributed by atoms with Crippen LogP contribution in [0.5, 0.6) is 0 Å². The highest BCUT2D eigenvalue weighted by Gasteiger charge is 2.26. The molecule has 4 nitrogen and oxygen atoms in total. The van der Waals surface area contributed by atoms with Crippen molar-refractivity contribution < 1.29 is 5.21 Å². The molecule has 0 saturated heterocycles. The van der Waals surface area contributed by atoms with Gasteiger partial charge in [-0.2, -0.15) is 0 Å². The van der Waals surface area contributed by atoms with Gasteiger partial charge < -0.3 is 9.77 Å². The summed E-state index contributed by atoms with van der Waals surface area (Å²) in [6.45, 7) is 4.39. The van der Waals surface area contributed by atoms with Crippen molar-refractivity contribution in [2.24, 2.45) is 18.1 Å². The first-order chi connectivity index (χ1) is 13.0. The first-order valence-corrected chi connectivity index (χ1v) is 10.0. The van der Waals surface area contributed by atoms with Crippen molar-refractivity contribution in [1.82, 2.24) is 4.57 Å². The van der Waals surface area contributed by atoms with Gasteiger partial charge in [0.05, 0.1) is 5.71 Å². The lowest BCUT2D eigenvalue weighted by atomic mass is 9.77. The zero-order valence-electron chi connectivity index (χ0n) is 16.4. The Hall–Kier alpha value is -2.07. The van der Waals surface area contributed by atoms with E-state index in [2.05, 4.69) is 25.1 Å². The molecule has 2 rings (SSSR count). The average Bonchev–Trinajstić information content (AvgIpc) is 2.66. The van der Waals surface area contributed by atoms with Crippen molar-refractivity contribution in [1.29, 1.82) is 0 Å². The fourth-order valence-electron chi connectivity index (χ4n) is 3.78. The highest BCUT2D eigenvalue weighted by molar-refractivity contribution is 6.31. The lowest BCUT2D eigenvalue weighted by Crippen LogP contribution is -2.21. The fourth-order valence-corrected chi connectivity index (χ4v) is 4.06. The Bertz CT molecular complexity index is 823. The Balaban J connectivity index is 2.44. The van der Waals surface area contributed by atoms with Crippen LogP contribution in [0.3, 0.4) is 0 Å². The number of hydrogen-bond donors (Lipinski definition) is 1. The van der Waals surface area contributed by atoms with Crippen molar-refractivity contribution >= 4 is 17.3 Å². The van der Waals surface area contributed by atoms with Crippen LogP contribution in [0.25, 0.3) is 0 Å². The lowest BCUT2D eigenvalue weighted by Gasteiger charge is -2.28. The predicted octanol–water partition coefficient (Wildman–Crippen LogP) is 5.61. The Morgan fingerprint density at radius 3 is 2.37 bits per heavy atom. The van der Waals surface area contributed by atoms with Gasteiger partial charge in [0, 0.05) is 36.3 Å². The van der Waals surface area contributed by atoms with Gasteiger partial charge in [-0.1, -0.05) is 74.5 Å². The minimum absolute atomic E-state index is 0.0893. The van der Waals surface area contributed by atoms with Gasteiger partial charge in [0.25, 0.3) is 0 Å². The van der Waals surface area contributed by atoms with E-state index in [9.17, 15) is 10.0 Å². The van der Waals surface area contributed by atoms with Gasteiger partial charge in [-0.05, 0) is 29.5 Å². The largest absolute Gasteiger partial charge is 0.411 e. The number of aromatic nitrogens is 1. The second-order valence-corrected chi connectivity index (χ2v) is 7.49. The zero-order valence-corrected chi connectivity index (χ0v) is 17.1. The lowest BCUT2D eigenvalue weighted by molar-refractivity contribution is 0.313. The molecule has 1 atom stereocenters. The summed E-state index contributed by atoms with van der Waals surface area (Å²) in [5.74, 6) is 0.603. The van der Waals surface area contributed by atoms with Crippen molar-refractivity contribution in [2.75, 3.05) is 0 Å². The predicted molar refractivity (Wildman–Crippen MR) is 112 cm³/mol. The molecule has 1 aromatic heterocycles. The number of nitrogens with zero attached hydrogens (tertiary/aromatic N) is 2. The molecular weight excluding hydrogens is 360 g/mol. The van der Waals surface area contributed by atoms with Crippen LogP contribution in [-0.4, -0.2) is 15.5 Å². The van der Waals surface area contributed by atoms with E-state index < -0.39 is 0 Å². The number of oxime groups is 1. The average molecular weight is 389 g/mol. The number of halogens is 1. The summed E-state index contributed by atoms with van der Waals surface area (Å²) < 4.78 is 1.50. The summed E-state index contributed by atoms with van der Waals surface area (Å²) >= 11 is 6.53. The van der Waals surface area contributed by atoms with E-state index in [1.807, 2.05) is 18.2 Å². The summed E-state index contributed by atoms with van der Waals surface area (Å²) in [4.78, 5) is 11.7. The van der Waals surface area contributed by atoms with Crippen LogP contribution in [0.2, 0.25) is 5.02 Å². The molecule has 27 heavy (non-hydrogen) atoms. The standard InChI is InChI=1S/C22H29ClN2O2/c1-4-8-16(9-5-2)19(18-10-6-7-11-20(18)23)14-21(24-27)17-12-13-22(26)25(3)15-17/h6-7,10-13,15-16,19,27H,4-5,8-9,14H2,1-3H3/b24-21+. The molecule has 1 unspecified atom stereocenters. The van der Waals surface area contributed by atoms with Crippen LogP contribution < -0.4 is 5.56 Å². The monoisotopic (exact) mass is 388 g/mol. The summed E-state index contributed by atoms with van der Waals surface area (Å²) in [5, 5.41) is 14.0. The second kappa shape index (κ2) is 10.3. The van der Waals surface area contributed by atoms with Gasteiger partial charge in [-0.25, -0.2) is 0 Å². The van der Waals surface area contributed by atoms with Crippen LogP contribution in [-0.2, 0) is 7.05 Å². The summed E-state index contributed by atoms with van der Waals surface area (Å²) in [7, 11) is 1.70. The van der Waals surface area contributed by atoms with E-state index in [0.29, 0.717) is 18.1 Å². The maximum atomic E-state index is 11.7. The van der Waals surface area contributed by atoms with E-state index in [1.165, 1.54) is 10.6 Å². The number of pyridine rings is 1. The minimum Gasteiger partial charge on any atom is -0.411 e. The molecule has 0 radical (unpaired) electrons. The Morgan fingerprint density at radius 2 is 1.81 bits per heavy atom. The number of hydrogen-bond acceptors (Lipinski definition) is 3. The van der Waals surface area contributed by atoms with Gasteiger partial charge in [0.15, 0.2) is 0 Å². The first kappa shape index (κ1) is 21.2. The molecule has 1 N–H and O–H groups in total. The number of rotatable bonds is 9. The van der Waals surface area contributed by atoms with Crippen molar-refractivity contribution in [2.45, 2.75) is 51.9 Å². The third-order valence-electron chi connectivity index (χ3n) is 5.15. The normalized spacial score (nSPS) is 13.1. The fraction of sp³-hybridized carbons (Fsp3) is 0.455. The van der Waals surface area contributed by atoms with E-state index in [1.54, 1.807) is 19.3 Å². The molecule has 0 amide bonds. The maximum absolute atomic E-state index is 11.7. The molecule has 146 valence electrons.